The van der Waals surface area contributed by atoms with Gasteiger partial charge in [-0.1, -0.05) is 0 Å². The summed E-state index contributed by atoms with van der Waals surface area (Å²) in [6, 6.07) is 8.64. The second-order valence-corrected chi connectivity index (χ2v) is 5.02. The summed E-state index contributed by atoms with van der Waals surface area (Å²) in [7, 11) is 4.13. The molecule has 1 aliphatic rings. The fourth-order valence-electron chi connectivity index (χ4n) is 2.23. The second kappa shape index (κ2) is 5.92. The van der Waals surface area contributed by atoms with Gasteiger partial charge in [-0.3, -0.25) is 0 Å². The summed E-state index contributed by atoms with van der Waals surface area (Å²) in [4.78, 5) is 2.12. The van der Waals surface area contributed by atoms with E-state index in [1.807, 2.05) is 0 Å². The lowest BCUT2D eigenvalue weighted by atomic mass is 9.98. The molecule has 3 heteroatoms. The van der Waals surface area contributed by atoms with Crippen LogP contribution in [0.25, 0.3) is 0 Å². The van der Waals surface area contributed by atoms with Crippen molar-refractivity contribution in [1.82, 2.24) is 5.32 Å². The molecule has 0 aromatic heterocycles. The summed E-state index contributed by atoms with van der Waals surface area (Å²) >= 11 is 0. The molecule has 3 nitrogen and oxygen atoms in total. The molecule has 0 aliphatic carbocycles. The van der Waals surface area contributed by atoms with Crippen molar-refractivity contribution in [3.8, 4) is 0 Å². The number of benzene rings is 1. The Balaban J connectivity index is 1.82. The number of piperidine rings is 1. The van der Waals surface area contributed by atoms with E-state index < -0.39 is 0 Å². The van der Waals surface area contributed by atoms with E-state index in [9.17, 15) is 0 Å². The minimum atomic E-state index is 0.824. The number of hydrogen-bond acceptors (Lipinski definition) is 3. The molecule has 1 aliphatic heterocycles. The van der Waals surface area contributed by atoms with Crippen LogP contribution in [0, 0.1) is 5.92 Å². The molecular weight excluding hydrogens is 210 g/mol. The number of hydrogen-bond donors (Lipinski definition) is 2. The fraction of sp³-hybridized carbons (Fsp3) is 0.571. The lowest BCUT2D eigenvalue weighted by Gasteiger charge is -2.23. The Morgan fingerprint density at radius 2 is 1.82 bits per heavy atom. The summed E-state index contributed by atoms with van der Waals surface area (Å²) in [5.74, 6) is 0.824. The third-order valence-electron chi connectivity index (χ3n) is 3.44. The van der Waals surface area contributed by atoms with Gasteiger partial charge in [-0.2, -0.15) is 0 Å². The molecule has 1 aromatic carbocycles. The lowest BCUT2D eigenvalue weighted by Crippen LogP contribution is -2.31. The summed E-state index contributed by atoms with van der Waals surface area (Å²) in [5.41, 5.74) is 2.48. The van der Waals surface area contributed by atoms with Crippen molar-refractivity contribution in [3.05, 3.63) is 24.3 Å². The van der Waals surface area contributed by atoms with Gasteiger partial charge >= 0.3 is 0 Å². The van der Waals surface area contributed by atoms with E-state index in [1.54, 1.807) is 0 Å². The standard InChI is InChI=1S/C14H23N3/c1-17(2)14-5-3-13(4-6-14)16-11-12-7-9-15-10-8-12/h3-6,12,15-16H,7-11H2,1-2H3. The van der Waals surface area contributed by atoms with E-state index in [1.165, 1.54) is 37.3 Å². The van der Waals surface area contributed by atoms with Crippen LogP contribution in [0.5, 0.6) is 0 Å². The summed E-state index contributed by atoms with van der Waals surface area (Å²) < 4.78 is 0. The lowest BCUT2D eigenvalue weighted by molar-refractivity contribution is 0.390. The highest BCUT2D eigenvalue weighted by molar-refractivity contribution is 5.54. The Hall–Kier alpha value is -1.22. The van der Waals surface area contributed by atoms with Gasteiger partial charge in [0.1, 0.15) is 0 Å². The first kappa shape index (κ1) is 12.2. The second-order valence-electron chi connectivity index (χ2n) is 5.02. The first-order valence-corrected chi connectivity index (χ1v) is 6.47. The van der Waals surface area contributed by atoms with Crippen molar-refractivity contribution in [1.29, 1.82) is 0 Å². The average molecular weight is 233 g/mol. The summed E-state index contributed by atoms with van der Waals surface area (Å²) in [5, 5.41) is 6.93. The van der Waals surface area contributed by atoms with Gasteiger partial charge in [0.05, 0.1) is 0 Å². The largest absolute Gasteiger partial charge is 0.385 e. The Morgan fingerprint density at radius 3 is 2.41 bits per heavy atom. The normalized spacial score (nSPS) is 16.8. The molecule has 1 saturated heterocycles. The molecule has 0 saturated carbocycles. The first-order chi connectivity index (χ1) is 8.25. The molecule has 0 atom stereocenters. The molecule has 0 spiro atoms. The quantitative estimate of drug-likeness (QED) is 0.834. The van der Waals surface area contributed by atoms with Crippen LogP contribution in [0.4, 0.5) is 11.4 Å². The Labute approximate surface area is 104 Å². The van der Waals surface area contributed by atoms with Gasteiger partial charge in [0.2, 0.25) is 0 Å². The highest BCUT2D eigenvalue weighted by Gasteiger charge is 2.12. The maximum absolute atomic E-state index is 3.53. The van der Waals surface area contributed by atoms with Gasteiger partial charge in [0.15, 0.2) is 0 Å². The van der Waals surface area contributed by atoms with Crippen LogP contribution < -0.4 is 15.5 Å². The molecule has 0 amide bonds. The third kappa shape index (κ3) is 3.63. The molecule has 0 radical (unpaired) electrons. The Morgan fingerprint density at radius 1 is 1.18 bits per heavy atom. The SMILES string of the molecule is CN(C)c1ccc(NCC2CCNCC2)cc1. The van der Waals surface area contributed by atoms with Crippen molar-refractivity contribution < 1.29 is 0 Å². The van der Waals surface area contributed by atoms with Crippen LogP contribution in [0.1, 0.15) is 12.8 Å². The van der Waals surface area contributed by atoms with Crippen molar-refractivity contribution in [2.75, 3.05) is 43.9 Å². The van der Waals surface area contributed by atoms with Crippen molar-refractivity contribution in [3.63, 3.8) is 0 Å². The van der Waals surface area contributed by atoms with Crippen molar-refractivity contribution in [2.24, 2.45) is 5.92 Å². The zero-order valence-corrected chi connectivity index (χ0v) is 10.9. The van der Waals surface area contributed by atoms with Crippen molar-refractivity contribution >= 4 is 11.4 Å². The Kier molecular flexibility index (Phi) is 4.26. The van der Waals surface area contributed by atoms with Gasteiger partial charge in [0, 0.05) is 32.0 Å². The molecule has 0 unspecified atom stereocenters. The number of nitrogens with one attached hydrogen (secondary N) is 2. The number of rotatable bonds is 4. The molecular formula is C14H23N3. The predicted octanol–water partition coefficient (Wildman–Crippen LogP) is 2.16. The highest BCUT2D eigenvalue weighted by Crippen LogP contribution is 2.17. The van der Waals surface area contributed by atoms with Gasteiger partial charge in [-0.05, 0) is 56.1 Å². The monoisotopic (exact) mass is 233 g/mol. The minimum absolute atomic E-state index is 0.824. The molecule has 17 heavy (non-hydrogen) atoms. The van der Waals surface area contributed by atoms with Gasteiger partial charge in [-0.15, -0.1) is 0 Å². The maximum atomic E-state index is 3.53. The predicted molar refractivity (Wildman–Crippen MR) is 74.9 cm³/mol. The molecule has 2 rings (SSSR count). The molecule has 1 heterocycles. The zero-order valence-electron chi connectivity index (χ0n) is 10.9. The van der Waals surface area contributed by atoms with Gasteiger partial charge in [-0.25, -0.2) is 0 Å². The Bertz CT molecular complexity index is 326. The van der Waals surface area contributed by atoms with E-state index >= 15 is 0 Å². The summed E-state index contributed by atoms with van der Waals surface area (Å²) in [6.07, 6.45) is 2.59. The van der Waals surface area contributed by atoms with Crippen LogP contribution in [0.3, 0.4) is 0 Å². The van der Waals surface area contributed by atoms with Gasteiger partial charge in [0.25, 0.3) is 0 Å². The maximum Gasteiger partial charge on any atom is 0.0362 e. The van der Waals surface area contributed by atoms with Crippen LogP contribution in [0.2, 0.25) is 0 Å². The van der Waals surface area contributed by atoms with Crippen molar-refractivity contribution in [2.45, 2.75) is 12.8 Å². The number of anilines is 2. The number of nitrogens with zero attached hydrogens (tertiary/aromatic N) is 1. The first-order valence-electron chi connectivity index (χ1n) is 6.47. The van der Waals surface area contributed by atoms with E-state index in [4.69, 9.17) is 0 Å². The topological polar surface area (TPSA) is 27.3 Å². The summed E-state index contributed by atoms with van der Waals surface area (Å²) in [6.45, 7) is 3.45. The zero-order chi connectivity index (χ0) is 12.1. The molecule has 94 valence electrons. The van der Waals surface area contributed by atoms with Crippen LogP contribution >= 0.6 is 0 Å². The van der Waals surface area contributed by atoms with Gasteiger partial charge < -0.3 is 15.5 Å². The fourth-order valence-corrected chi connectivity index (χ4v) is 2.23. The van der Waals surface area contributed by atoms with E-state index in [0.29, 0.717) is 0 Å². The molecule has 2 N–H and O–H groups in total. The van der Waals surface area contributed by atoms with E-state index in [2.05, 4.69) is 53.9 Å². The highest BCUT2D eigenvalue weighted by atomic mass is 15.1. The molecule has 1 aromatic rings. The van der Waals surface area contributed by atoms with Crippen LogP contribution in [-0.4, -0.2) is 33.7 Å². The molecule has 1 fully saturated rings. The average Bonchev–Trinajstić information content (AvgIpc) is 2.38. The van der Waals surface area contributed by atoms with Crippen LogP contribution in [0.15, 0.2) is 24.3 Å². The smallest absolute Gasteiger partial charge is 0.0362 e. The van der Waals surface area contributed by atoms with E-state index in [0.717, 1.165) is 12.5 Å². The minimum Gasteiger partial charge on any atom is -0.385 e. The molecule has 0 bridgehead atoms. The van der Waals surface area contributed by atoms with Crippen LogP contribution in [-0.2, 0) is 0 Å². The third-order valence-corrected chi connectivity index (χ3v) is 3.44. The van der Waals surface area contributed by atoms with E-state index in [-0.39, 0.29) is 0 Å².